The molecule has 0 saturated heterocycles. The van der Waals surface area contributed by atoms with Crippen molar-refractivity contribution in [3.8, 4) is 17.2 Å². The van der Waals surface area contributed by atoms with E-state index in [0.717, 1.165) is 23.5 Å². The van der Waals surface area contributed by atoms with Crippen LogP contribution in [0.15, 0.2) is 78.9 Å². The Balaban J connectivity index is 1.52. The normalized spacial score (nSPS) is 11.4. The van der Waals surface area contributed by atoms with Gasteiger partial charge >= 0.3 is 12.1 Å². The summed E-state index contributed by atoms with van der Waals surface area (Å²) in [6.45, 7) is 3.26. The first-order valence-electron chi connectivity index (χ1n) is 13.3. The fraction of sp³-hybridized carbons (Fsp3) is 0.355. The zero-order chi connectivity index (χ0) is 28.6. The van der Waals surface area contributed by atoms with Crippen molar-refractivity contribution in [1.29, 1.82) is 0 Å². The van der Waals surface area contributed by atoms with Gasteiger partial charge in [0.1, 0.15) is 23.9 Å². The Morgan fingerprint density at radius 2 is 1.65 bits per heavy atom. The van der Waals surface area contributed by atoms with E-state index >= 15 is 0 Å². The molecule has 1 atom stereocenters. The molecule has 0 fully saturated rings. The van der Waals surface area contributed by atoms with Crippen LogP contribution in [0.1, 0.15) is 24.5 Å². The lowest BCUT2D eigenvalue weighted by Crippen LogP contribution is -2.37. The highest BCUT2D eigenvalue weighted by molar-refractivity contribution is 7.98. The van der Waals surface area contributed by atoms with Crippen LogP contribution < -0.4 is 14.2 Å². The van der Waals surface area contributed by atoms with Gasteiger partial charge in [-0.15, -0.1) is 0 Å². The molecule has 0 aliphatic rings. The average molecular weight is 568 g/mol. The van der Waals surface area contributed by atoms with Crippen molar-refractivity contribution in [2.24, 2.45) is 0 Å². The number of ether oxygens (including phenoxy) is 4. The van der Waals surface area contributed by atoms with Crippen LogP contribution in [0.3, 0.4) is 0 Å². The Morgan fingerprint density at radius 3 is 2.35 bits per heavy atom. The molecule has 0 aliphatic carbocycles. The van der Waals surface area contributed by atoms with Gasteiger partial charge in [0, 0.05) is 31.4 Å². The van der Waals surface area contributed by atoms with Crippen LogP contribution in [0.4, 0.5) is 4.79 Å². The van der Waals surface area contributed by atoms with Crippen molar-refractivity contribution in [3.63, 3.8) is 0 Å². The van der Waals surface area contributed by atoms with E-state index in [-0.39, 0.29) is 13.0 Å². The number of benzene rings is 3. The minimum atomic E-state index is -0.985. The van der Waals surface area contributed by atoms with Crippen LogP contribution in [0.2, 0.25) is 0 Å². The molecule has 0 radical (unpaired) electrons. The number of carboxylic acids is 1. The van der Waals surface area contributed by atoms with Gasteiger partial charge in [0.15, 0.2) is 6.10 Å². The Hall–Kier alpha value is -3.69. The Bertz CT molecular complexity index is 1170. The SMILES string of the molecule is CCOC(Cc1ccc(OCCN(CCCSCc2ccccc2)C(=O)Oc2cccc(OC)c2)cc1)C(=O)O. The first-order chi connectivity index (χ1) is 19.5. The zero-order valence-electron chi connectivity index (χ0n) is 23.0. The van der Waals surface area contributed by atoms with E-state index in [4.69, 9.17) is 18.9 Å². The summed E-state index contributed by atoms with van der Waals surface area (Å²) >= 11 is 1.83. The van der Waals surface area contributed by atoms with Gasteiger partial charge in [-0.1, -0.05) is 48.5 Å². The van der Waals surface area contributed by atoms with E-state index in [1.165, 1.54) is 5.56 Å². The van der Waals surface area contributed by atoms with Crippen molar-refractivity contribution in [2.75, 3.05) is 39.2 Å². The average Bonchev–Trinajstić information content (AvgIpc) is 2.97. The number of hydrogen-bond donors (Lipinski definition) is 1. The Morgan fingerprint density at radius 1 is 0.900 bits per heavy atom. The minimum Gasteiger partial charge on any atom is -0.497 e. The second-order valence-electron chi connectivity index (χ2n) is 8.90. The van der Waals surface area contributed by atoms with E-state index in [1.54, 1.807) is 55.3 Å². The van der Waals surface area contributed by atoms with Crippen molar-refractivity contribution < 1.29 is 33.6 Å². The van der Waals surface area contributed by atoms with Crippen LogP contribution >= 0.6 is 11.8 Å². The molecule has 0 saturated carbocycles. The van der Waals surface area contributed by atoms with Crippen molar-refractivity contribution in [1.82, 2.24) is 4.90 Å². The van der Waals surface area contributed by atoms with E-state index in [0.29, 0.717) is 36.9 Å². The molecule has 214 valence electrons. The summed E-state index contributed by atoms with van der Waals surface area (Å²) in [5, 5.41) is 9.30. The molecule has 3 aromatic carbocycles. The zero-order valence-corrected chi connectivity index (χ0v) is 23.8. The van der Waals surface area contributed by atoms with Crippen LogP contribution in [-0.2, 0) is 21.7 Å². The topological polar surface area (TPSA) is 94.5 Å². The number of hydrogen-bond acceptors (Lipinski definition) is 7. The van der Waals surface area contributed by atoms with Crippen LogP contribution in [-0.4, -0.2) is 67.3 Å². The minimum absolute atomic E-state index is 0.273. The standard InChI is InChI=1S/C31H37NO7S/c1-3-37-29(30(33)34)21-24-13-15-26(16-14-24)38-19-18-32(17-8-20-40-23-25-9-5-4-6-10-25)31(35)39-28-12-7-11-27(22-28)36-2/h4-7,9-16,22,29H,3,8,17-21,23H2,1-2H3,(H,33,34). The molecule has 9 heteroatoms. The lowest BCUT2D eigenvalue weighted by Gasteiger charge is -2.22. The molecule has 0 bridgehead atoms. The number of methoxy groups -OCH3 is 1. The fourth-order valence-electron chi connectivity index (χ4n) is 3.87. The van der Waals surface area contributed by atoms with E-state index in [1.807, 2.05) is 42.1 Å². The van der Waals surface area contributed by atoms with Gasteiger partial charge in [0.2, 0.25) is 0 Å². The number of nitrogens with zero attached hydrogens (tertiary/aromatic N) is 1. The molecule has 3 aromatic rings. The molecule has 0 heterocycles. The largest absolute Gasteiger partial charge is 0.497 e. The number of aliphatic carboxylic acids is 1. The fourth-order valence-corrected chi connectivity index (χ4v) is 4.78. The Labute approximate surface area is 240 Å². The van der Waals surface area contributed by atoms with Gasteiger partial charge < -0.3 is 29.0 Å². The molecule has 1 amide bonds. The first-order valence-corrected chi connectivity index (χ1v) is 14.4. The molecule has 40 heavy (non-hydrogen) atoms. The third-order valence-corrected chi connectivity index (χ3v) is 7.07. The molecule has 8 nitrogen and oxygen atoms in total. The van der Waals surface area contributed by atoms with Crippen molar-refractivity contribution >= 4 is 23.8 Å². The smallest absolute Gasteiger partial charge is 0.415 e. The van der Waals surface area contributed by atoms with Crippen molar-refractivity contribution in [3.05, 3.63) is 90.0 Å². The summed E-state index contributed by atoms with van der Waals surface area (Å²) in [6.07, 6.45) is -0.248. The molecule has 3 rings (SSSR count). The van der Waals surface area contributed by atoms with E-state index < -0.39 is 18.2 Å². The first kappa shape index (κ1) is 30.8. The number of carbonyl (C=O) groups is 2. The molecular formula is C31H37NO7S. The summed E-state index contributed by atoms with van der Waals surface area (Å²) < 4.78 is 22.0. The highest BCUT2D eigenvalue weighted by Gasteiger charge is 2.18. The summed E-state index contributed by atoms with van der Waals surface area (Å²) in [5.74, 6) is 2.49. The number of carbonyl (C=O) groups excluding carboxylic acids is 1. The maximum absolute atomic E-state index is 13.0. The monoisotopic (exact) mass is 567 g/mol. The van der Waals surface area contributed by atoms with Gasteiger partial charge in [-0.05, 0) is 54.5 Å². The number of amides is 1. The van der Waals surface area contributed by atoms with Crippen LogP contribution in [0.5, 0.6) is 17.2 Å². The molecule has 0 spiro atoms. The molecule has 0 aliphatic heterocycles. The summed E-state index contributed by atoms with van der Waals surface area (Å²) in [7, 11) is 1.56. The van der Waals surface area contributed by atoms with E-state index in [9.17, 15) is 14.7 Å². The summed E-state index contributed by atoms with van der Waals surface area (Å²) in [5.41, 5.74) is 2.11. The Kier molecular flexibility index (Phi) is 13.2. The highest BCUT2D eigenvalue weighted by atomic mass is 32.2. The van der Waals surface area contributed by atoms with E-state index in [2.05, 4.69) is 12.1 Å². The lowest BCUT2D eigenvalue weighted by molar-refractivity contribution is -0.149. The highest BCUT2D eigenvalue weighted by Crippen LogP contribution is 2.20. The lowest BCUT2D eigenvalue weighted by atomic mass is 10.1. The number of carboxylic acid groups (broad SMARTS) is 1. The van der Waals surface area contributed by atoms with Gasteiger partial charge in [0.25, 0.3) is 0 Å². The molecule has 1 unspecified atom stereocenters. The maximum Gasteiger partial charge on any atom is 0.415 e. The van der Waals surface area contributed by atoms with Gasteiger partial charge in [-0.2, -0.15) is 11.8 Å². The molecular weight excluding hydrogens is 530 g/mol. The predicted molar refractivity (Wildman–Crippen MR) is 157 cm³/mol. The molecule has 1 N–H and O–H groups in total. The van der Waals surface area contributed by atoms with Crippen LogP contribution in [0, 0.1) is 0 Å². The third-order valence-electron chi connectivity index (χ3n) is 5.95. The second-order valence-corrected chi connectivity index (χ2v) is 10.0. The quantitative estimate of drug-likeness (QED) is 0.201. The predicted octanol–water partition coefficient (Wildman–Crippen LogP) is 5.93. The van der Waals surface area contributed by atoms with Gasteiger partial charge in [0.05, 0.1) is 13.7 Å². The van der Waals surface area contributed by atoms with Crippen LogP contribution in [0.25, 0.3) is 0 Å². The molecule has 0 aromatic heterocycles. The number of thioether (sulfide) groups is 1. The third kappa shape index (κ3) is 10.8. The second kappa shape index (κ2) is 17.1. The summed E-state index contributed by atoms with van der Waals surface area (Å²) in [4.78, 5) is 26.0. The van der Waals surface area contributed by atoms with Gasteiger partial charge in [-0.25, -0.2) is 9.59 Å². The maximum atomic E-state index is 13.0. The summed E-state index contributed by atoms with van der Waals surface area (Å²) in [6, 6.07) is 24.5. The number of rotatable bonds is 17. The van der Waals surface area contributed by atoms with Gasteiger partial charge in [-0.3, -0.25) is 0 Å². The van der Waals surface area contributed by atoms with Crippen molar-refractivity contribution in [2.45, 2.75) is 31.6 Å².